The number of hydrogen-bond acceptors (Lipinski definition) is 6. The van der Waals surface area contributed by atoms with Gasteiger partial charge >= 0.3 is 0 Å². The number of aryl methyl sites for hydroxylation is 1. The zero-order valence-corrected chi connectivity index (χ0v) is 21.7. The van der Waals surface area contributed by atoms with Crippen molar-refractivity contribution in [1.29, 1.82) is 0 Å². The van der Waals surface area contributed by atoms with E-state index in [0.717, 1.165) is 48.8 Å². The Morgan fingerprint density at radius 1 is 1.06 bits per heavy atom. The van der Waals surface area contributed by atoms with Crippen molar-refractivity contribution in [1.82, 2.24) is 25.5 Å². The van der Waals surface area contributed by atoms with E-state index in [-0.39, 0.29) is 24.0 Å². The fraction of sp³-hybridized carbons (Fsp3) is 0.375. The number of aromatic nitrogens is 2. The lowest BCUT2D eigenvalue weighted by molar-refractivity contribution is 0.312. The van der Waals surface area contributed by atoms with E-state index in [1.165, 1.54) is 5.56 Å². The van der Waals surface area contributed by atoms with Crippen molar-refractivity contribution < 1.29 is 4.42 Å². The smallest absolute Gasteiger partial charge is 0.226 e. The number of pyridine rings is 1. The van der Waals surface area contributed by atoms with Gasteiger partial charge in [-0.25, -0.2) is 9.97 Å². The molecule has 1 aromatic carbocycles. The summed E-state index contributed by atoms with van der Waals surface area (Å²) in [4.78, 5) is 18.3. The molecule has 1 aliphatic heterocycles. The fourth-order valence-electron chi connectivity index (χ4n) is 3.66. The van der Waals surface area contributed by atoms with Crippen LogP contribution >= 0.6 is 24.0 Å². The summed E-state index contributed by atoms with van der Waals surface area (Å²) in [6, 6.07) is 12.2. The Labute approximate surface area is 212 Å². The molecule has 0 saturated carbocycles. The van der Waals surface area contributed by atoms with E-state index in [9.17, 15) is 0 Å². The molecule has 0 atom stereocenters. The highest BCUT2D eigenvalue weighted by Crippen LogP contribution is 2.20. The number of anilines is 1. The molecule has 176 valence electrons. The predicted molar refractivity (Wildman–Crippen MR) is 143 cm³/mol. The van der Waals surface area contributed by atoms with Gasteiger partial charge in [-0.3, -0.25) is 4.99 Å². The first-order valence-electron chi connectivity index (χ1n) is 11.0. The first-order valence-corrected chi connectivity index (χ1v) is 11.0. The van der Waals surface area contributed by atoms with Crippen molar-refractivity contribution in [2.24, 2.45) is 4.99 Å². The SMILES string of the molecule is CN=C(NCc1coc(-c2ccc(C)cc2)n1)NCc1cccnc1N1CCN(C)CC1.I. The number of oxazole rings is 1. The van der Waals surface area contributed by atoms with E-state index in [1.54, 1.807) is 13.3 Å². The summed E-state index contributed by atoms with van der Waals surface area (Å²) < 4.78 is 5.65. The lowest BCUT2D eigenvalue weighted by Crippen LogP contribution is -2.45. The summed E-state index contributed by atoms with van der Waals surface area (Å²) >= 11 is 0. The van der Waals surface area contributed by atoms with E-state index in [4.69, 9.17) is 4.42 Å². The lowest BCUT2D eigenvalue weighted by atomic mass is 10.1. The van der Waals surface area contributed by atoms with Crippen LogP contribution in [0.15, 0.2) is 58.3 Å². The molecule has 0 radical (unpaired) electrons. The van der Waals surface area contributed by atoms with E-state index in [0.29, 0.717) is 24.9 Å². The molecule has 0 unspecified atom stereocenters. The summed E-state index contributed by atoms with van der Waals surface area (Å²) in [6.45, 7) is 7.30. The van der Waals surface area contributed by atoms with Crippen LogP contribution in [0, 0.1) is 6.92 Å². The van der Waals surface area contributed by atoms with Gasteiger partial charge in [-0.15, -0.1) is 24.0 Å². The number of nitrogens with one attached hydrogen (secondary N) is 2. The van der Waals surface area contributed by atoms with Gasteiger partial charge in [-0.05, 0) is 32.2 Å². The predicted octanol–water partition coefficient (Wildman–Crippen LogP) is 3.28. The summed E-state index contributed by atoms with van der Waals surface area (Å²) in [5, 5.41) is 6.70. The molecule has 9 heteroatoms. The number of halogens is 1. The maximum absolute atomic E-state index is 5.65. The second-order valence-electron chi connectivity index (χ2n) is 8.07. The van der Waals surface area contributed by atoms with Gasteiger partial charge in [-0.2, -0.15) is 0 Å². The van der Waals surface area contributed by atoms with E-state index < -0.39 is 0 Å². The minimum Gasteiger partial charge on any atom is -0.444 e. The monoisotopic (exact) mass is 561 g/mol. The number of piperazine rings is 1. The molecule has 1 fully saturated rings. The molecule has 0 spiro atoms. The van der Waals surface area contributed by atoms with Crippen molar-refractivity contribution in [2.75, 3.05) is 45.2 Å². The van der Waals surface area contributed by atoms with Gasteiger partial charge in [0.2, 0.25) is 5.89 Å². The van der Waals surface area contributed by atoms with Crippen molar-refractivity contribution >= 4 is 35.8 Å². The molecule has 2 aromatic heterocycles. The largest absolute Gasteiger partial charge is 0.444 e. The van der Waals surface area contributed by atoms with Crippen LogP contribution in [0.3, 0.4) is 0 Å². The highest BCUT2D eigenvalue weighted by atomic mass is 127. The summed E-state index contributed by atoms with van der Waals surface area (Å²) in [5.74, 6) is 2.37. The normalized spacial score (nSPS) is 14.6. The molecule has 4 rings (SSSR count). The second kappa shape index (κ2) is 12.0. The van der Waals surface area contributed by atoms with E-state index in [1.807, 2.05) is 24.4 Å². The topological polar surface area (TPSA) is 81.8 Å². The third-order valence-electron chi connectivity index (χ3n) is 5.63. The van der Waals surface area contributed by atoms with Crippen molar-refractivity contribution in [3.05, 3.63) is 65.7 Å². The molecule has 3 aromatic rings. The minimum absolute atomic E-state index is 0. The molecule has 0 bridgehead atoms. The van der Waals surface area contributed by atoms with Gasteiger partial charge in [0.15, 0.2) is 5.96 Å². The number of guanidine groups is 1. The summed E-state index contributed by atoms with van der Waals surface area (Å²) in [7, 11) is 3.92. The van der Waals surface area contributed by atoms with Crippen molar-refractivity contribution in [2.45, 2.75) is 20.0 Å². The van der Waals surface area contributed by atoms with Crippen LogP contribution in [0.1, 0.15) is 16.8 Å². The molecule has 8 nitrogen and oxygen atoms in total. The fourth-order valence-corrected chi connectivity index (χ4v) is 3.66. The van der Waals surface area contributed by atoms with Crippen molar-refractivity contribution in [3.8, 4) is 11.5 Å². The van der Waals surface area contributed by atoms with Crippen LogP contribution in [0.25, 0.3) is 11.5 Å². The third kappa shape index (κ3) is 6.67. The second-order valence-corrected chi connectivity index (χ2v) is 8.07. The maximum atomic E-state index is 5.65. The maximum Gasteiger partial charge on any atom is 0.226 e. The molecule has 1 saturated heterocycles. The van der Waals surface area contributed by atoms with E-state index in [2.05, 4.69) is 67.6 Å². The van der Waals surface area contributed by atoms with Crippen LogP contribution in [0.2, 0.25) is 0 Å². The number of nitrogens with zero attached hydrogens (tertiary/aromatic N) is 5. The number of rotatable bonds is 6. The summed E-state index contributed by atoms with van der Waals surface area (Å²) in [6.07, 6.45) is 3.54. The first-order chi connectivity index (χ1) is 15.6. The zero-order chi connectivity index (χ0) is 22.3. The molecule has 33 heavy (non-hydrogen) atoms. The Kier molecular flexibility index (Phi) is 9.07. The third-order valence-corrected chi connectivity index (χ3v) is 5.63. The van der Waals surface area contributed by atoms with Crippen LogP contribution in [0.4, 0.5) is 5.82 Å². The van der Waals surface area contributed by atoms with Gasteiger partial charge in [0, 0.05) is 57.1 Å². The molecule has 1 aliphatic rings. The Morgan fingerprint density at radius 2 is 1.79 bits per heavy atom. The quantitative estimate of drug-likeness (QED) is 0.272. The zero-order valence-electron chi connectivity index (χ0n) is 19.4. The van der Waals surface area contributed by atoms with Gasteiger partial charge in [0.25, 0.3) is 0 Å². The van der Waals surface area contributed by atoms with Gasteiger partial charge in [-0.1, -0.05) is 23.8 Å². The standard InChI is InChI=1S/C24H31N7O.HI/c1-18-6-8-19(9-7-18)23-29-21(17-32-23)16-28-24(25-2)27-15-20-5-4-10-26-22(20)31-13-11-30(3)12-14-31;/h4-10,17H,11-16H2,1-3H3,(H2,25,27,28);1H. The molecule has 0 aliphatic carbocycles. The molecule has 3 heterocycles. The average Bonchev–Trinajstić information content (AvgIpc) is 3.29. The number of aliphatic imine (C=N–C) groups is 1. The highest BCUT2D eigenvalue weighted by Gasteiger charge is 2.18. The molecular weight excluding hydrogens is 529 g/mol. The minimum atomic E-state index is 0. The number of hydrogen-bond donors (Lipinski definition) is 2. The van der Waals surface area contributed by atoms with Crippen LogP contribution in [-0.4, -0.2) is 61.1 Å². The molecular formula is C24H32IN7O. The van der Waals surface area contributed by atoms with Crippen LogP contribution in [-0.2, 0) is 13.1 Å². The Morgan fingerprint density at radius 3 is 2.52 bits per heavy atom. The van der Waals surface area contributed by atoms with Crippen LogP contribution < -0.4 is 15.5 Å². The van der Waals surface area contributed by atoms with Crippen molar-refractivity contribution in [3.63, 3.8) is 0 Å². The first kappa shape index (κ1) is 25.0. The number of likely N-dealkylation sites (N-methyl/N-ethyl adjacent to an activating group) is 1. The van der Waals surface area contributed by atoms with Gasteiger partial charge < -0.3 is 24.9 Å². The average molecular weight is 561 g/mol. The van der Waals surface area contributed by atoms with Gasteiger partial charge in [0.1, 0.15) is 12.1 Å². The Bertz CT molecular complexity index is 1040. The molecule has 2 N–H and O–H groups in total. The summed E-state index contributed by atoms with van der Waals surface area (Å²) in [5.41, 5.74) is 4.16. The number of benzene rings is 1. The Hall–Kier alpha value is -2.66. The van der Waals surface area contributed by atoms with Gasteiger partial charge in [0.05, 0.1) is 12.2 Å². The van der Waals surface area contributed by atoms with Crippen LogP contribution in [0.5, 0.6) is 0 Å². The lowest BCUT2D eigenvalue weighted by Gasteiger charge is -2.34. The molecule has 0 amide bonds. The van der Waals surface area contributed by atoms with E-state index >= 15 is 0 Å². The Balaban J connectivity index is 0.00000306. The highest BCUT2D eigenvalue weighted by molar-refractivity contribution is 14.0.